The van der Waals surface area contributed by atoms with E-state index in [4.69, 9.17) is 0 Å². The van der Waals surface area contributed by atoms with Crippen LogP contribution < -0.4 is 10.2 Å². The molecule has 0 saturated carbocycles. The minimum atomic E-state index is -0.114. The van der Waals surface area contributed by atoms with Crippen LogP contribution in [-0.2, 0) is 6.42 Å². The normalized spacial score (nSPS) is 10.2. The zero-order valence-corrected chi connectivity index (χ0v) is 12.1. The fourth-order valence-electron chi connectivity index (χ4n) is 1.95. The Balaban J connectivity index is 2.22. The van der Waals surface area contributed by atoms with Crippen molar-refractivity contribution in [2.45, 2.75) is 13.3 Å². The first kappa shape index (κ1) is 14.1. The van der Waals surface area contributed by atoms with E-state index in [9.17, 15) is 4.79 Å². The number of pyridine rings is 1. The lowest BCUT2D eigenvalue weighted by atomic mass is 10.1. The zero-order valence-electron chi connectivity index (χ0n) is 12.1. The number of nitrogens with zero attached hydrogens (tertiary/aromatic N) is 2. The second-order valence-electron chi connectivity index (χ2n) is 4.76. The maximum absolute atomic E-state index is 12.3. The molecule has 1 aromatic carbocycles. The quantitative estimate of drug-likeness (QED) is 0.928. The maximum Gasteiger partial charge on any atom is 0.255 e. The highest BCUT2D eigenvalue weighted by Gasteiger charge is 2.09. The van der Waals surface area contributed by atoms with Gasteiger partial charge >= 0.3 is 0 Å². The van der Waals surface area contributed by atoms with Crippen LogP contribution in [0.25, 0.3) is 0 Å². The SMILES string of the molecule is CCc1ccccc1NC(=O)c1ccnc(N(C)C)c1. The van der Waals surface area contributed by atoms with Gasteiger partial charge in [-0.3, -0.25) is 4.79 Å². The summed E-state index contributed by atoms with van der Waals surface area (Å²) < 4.78 is 0. The van der Waals surface area contributed by atoms with Gasteiger partial charge < -0.3 is 10.2 Å². The number of hydrogen-bond acceptors (Lipinski definition) is 3. The van der Waals surface area contributed by atoms with Crippen LogP contribution >= 0.6 is 0 Å². The number of nitrogens with one attached hydrogen (secondary N) is 1. The molecule has 2 aromatic rings. The van der Waals surface area contributed by atoms with Gasteiger partial charge in [-0.05, 0) is 30.2 Å². The minimum absolute atomic E-state index is 0.114. The molecule has 20 heavy (non-hydrogen) atoms. The Kier molecular flexibility index (Phi) is 4.35. The molecule has 4 nitrogen and oxygen atoms in total. The standard InChI is InChI=1S/C16H19N3O/c1-4-12-7-5-6-8-14(12)18-16(20)13-9-10-17-15(11-13)19(2)3/h5-11H,4H2,1-3H3,(H,18,20). The molecular weight excluding hydrogens is 250 g/mol. The Hall–Kier alpha value is -2.36. The molecule has 0 radical (unpaired) electrons. The smallest absolute Gasteiger partial charge is 0.255 e. The summed E-state index contributed by atoms with van der Waals surface area (Å²) in [5.74, 6) is 0.651. The molecular formula is C16H19N3O. The molecule has 104 valence electrons. The predicted octanol–water partition coefficient (Wildman–Crippen LogP) is 2.96. The number of carbonyl (C=O) groups excluding carboxylic acids is 1. The van der Waals surface area contributed by atoms with Crippen molar-refractivity contribution >= 4 is 17.4 Å². The lowest BCUT2D eigenvalue weighted by Crippen LogP contribution is -2.16. The number of amides is 1. The van der Waals surface area contributed by atoms with Gasteiger partial charge in [-0.1, -0.05) is 25.1 Å². The summed E-state index contributed by atoms with van der Waals surface area (Å²) in [4.78, 5) is 18.4. The van der Waals surface area contributed by atoms with Crippen LogP contribution in [0, 0.1) is 0 Å². The minimum Gasteiger partial charge on any atom is -0.363 e. The van der Waals surface area contributed by atoms with Gasteiger partial charge in [-0.2, -0.15) is 0 Å². The molecule has 0 aliphatic heterocycles. The van der Waals surface area contributed by atoms with E-state index < -0.39 is 0 Å². The van der Waals surface area contributed by atoms with E-state index in [2.05, 4.69) is 17.2 Å². The maximum atomic E-state index is 12.3. The molecule has 0 fully saturated rings. The zero-order chi connectivity index (χ0) is 14.5. The van der Waals surface area contributed by atoms with Gasteiger partial charge in [-0.25, -0.2) is 4.98 Å². The molecule has 1 aromatic heterocycles. The summed E-state index contributed by atoms with van der Waals surface area (Å²) in [6.07, 6.45) is 2.53. The van der Waals surface area contributed by atoms with Gasteiger partial charge in [0, 0.05) is 31.5 Å². The van der Waals surface area contributed by atoms with E-state index in [0.29, 0.717) is 5.56 Å². The van der Waals surface area contributed by atoms with E-state index in [1.807, 2.05) is 43.3 Å². The summed E-state index contributed by atoms with van der Waals surface area (Å²) in [5, 5.41) is 2.96. The molecule has 1 N–H and O–H groups in total. The highest BCUT2D eigenvalue weighted by atomic mass is 16.1. The third-order valence-electron chi connectivity index (χ3n) is 3.11. The molecule has 1 amide bonds. The highest BCUT2D eigenvalue weighted by molar-refractivity contribution is 6.05. The molecule has 0 unspecified atom stereocenters. The number of para-hydroxylation sites is 1. The average Bonchev–Trinajstić information content (AvgIpc) is 2.48. The van der Waals surface area contributed by atoms with Crippen molar-refractivity contribution in [3.05, 3.63) is 53.7 Å². The molecule has 0 saturated heterocycles. The Bertz CT molecular complexity index is 608. The summed E-state index contributed by atoms with van der Waals surface area (Å²) in [6, 6.07) is 11.3. The van der Waals surface area contributed by atoms with Crippen LogP contribution in [0.4, 0.5) is 11.5 Å². The molecule has 0 aliphatic rings. The van der Waals surface area contributed by atoms with Crippen LogP contribution in [0.15, 0.2) is 42.6 Å². The highest BCUT2D eigenvalue weighted by Crippen LogP contribution is 2.17. The number of carbonyl (C=O) groups is 1. The number of benzene rings is 1. The van der Waals surface area contributed by atoms with Crippen molar-refractivity contribution in [2.75, 3.05) is 24.3 Å². The van der Waals surface area contributed by atoms with Gasteiger partial charge in [0.1, 0.15) is 5.82 Å². The van der Waals surface area contributed by atoms with Crippen LogP contribution in [0.5, 0.6) is 0 Å². The lowest BCUT2D eigenvalue weighted by Gasteiger charge is -2.13. The van der Waals surface area contributed by atoms with E-state index in [1.54, 1.807) is 18.3 Å². The summed E-state index contributed by atoms with van der Waals surface area (Å²) in [5.41, 5.74) is 2.60. The average molecular weight is 269 g/mol. The number of aryl methyl sites for hydroxylation is 1. The van der Waals surface area contributed by atoms with Gasteiger partial charge in [0.15, 0.2) is 0 Å². The van der Waals surface area contributed by atoms with E-state index in [-0.39, 0.29) is 5.91 Å². The number of aromatic nitrogens is 1. The van der Waals surface area contributed by atoms with Gasteiger partial charge in [0.25, 0.3) is 5.91 Å². The fourth-order valence-corrected chi connectivity index (χ4v) is 1.95. The Morgan fingerprint density at radius 3 is 2.70 bits per heavy atom. The van der Waals surface area contributed by atoms with Crippen LogP contribution in [-0.4, -0.2) is 25.0 Å². The van der Waals surface area contributed by atoms with Crippen molar-refractivity contribution in [1.82, 2.24) is 4.98 Å². The summed E-state index contributed by atoms with van der Waals surface area (Å²) >= 11 is 0. The Morgan fingerprint density at radius 2 is 2.00 bits per heavy atom. The summed E-state index contributed by atoms with van der Waals surface area (Å²) in [6.45, 7) is 2.07. The molecule has 1 heterocycles. The fraction of sp³-hybridized carbons (Fsp3) is 0.250. The van der Waals surface area contributed by atoms with Gasteiger partial charge in [0.2, 0.25) is 0 Å². The van der Waals surface area contributed by atoms with E-state index in [1.165, 1.54) is 0 Å². The van der Waals surface area contributed by atoms with E-state index >= 15 is 0 Å². The first-order valence-electron chi connectivity index (χ1n) is 6.64. The van der Waals surface area contributed by atoms with Crippen LogP contribution in [0.2, 0.25) is 0 Å². The van der Waals surface area contributed by atoms with Crippen molar-refractivity contribution in [3.8, 4) is 0 Å². The molecule has 4 heteroatoms. The number of anilines is 2. The second-order valence-corrected chi connectivity index (χ2v) is 4.76. The third kappa shape index (κ3) is 3.15. The van der Waals surface area contributed by atoms with Crippen LogP contribution in [0.3, 0.4) is 0 Å². The van der Waals surface area contributed by atoms with Gasteiger partial charge in [0.05, 0.1) is 0 Å². The monoisotopic (exact) mass is 269 g/mol. The van der Waals surface area contributed by atoms with Crippen molar-refractivity contribution in [3.63, 3.8) is 0 Å². The third-order valence-corrected chi connectivity index (χ3v) is 3.11. The van der Waals surface area contributed by atoms with Crippen molar-refractivity contribution in [2.24, 2.45) is 0 Å². The van der Waals surface area contributed by atoms with Crippen molar-refractivity contribution in [1.29, 1.82) is 0 Å². The predicted molar refractivity (Wildman–Crippen MR) is 82.3 cm³/mol. The molecule has 0 aliphatic carbocycles. The lowest BCUT2D eigenvalue weighted by molar-refractivity contribution is 0.102. The first-order chi connectivity index (χ1) is 9.61. The largest absolute Gasteiger partial charge is 0.363 e. The van der Waals surface area contributed by atoms with E-state index in [0.717, 1.165) is 23.5 Å². The second kappa shape index (κ2) is 6.19. The number of hydrogen-bond donors (Lipinski definition) is 1. The first-order valence-corrected chi connectivity index (χ1v) is 6.64. The van der Waals surface area contributed by atoms with Crippen molar-refractivity contribution < 1.29 is 4.79 Å². The topological polar surface area (TPSA) is 45.2 Å². The number of rotatable bonds is 4. The molecule has 0 bridgehead atoms. The summed E-state index contributed by atoms with van der Waals surface area (Å²) in [7, 11) is 3.80. The molecule has 0 spiro atoms. The Labute approximate surface area is 119 Å². The molecule has 2 rings (SSSR count). The van der Waals surface area contributed by atoms with Crippen LogP contribution in [0.1, 0.15) is 22.8 Å². The Morgan fingerprint density at radius 1 is 1.25 bits per heavy atom. The van der Waals surface area contributed by atoms with Gasteiger partial charge in [-0.15, -0.1) is 0 Å². The molecule has 0 atom stereocenters.